The maximum absolute atomic E-state index is 11.6. The predicted octanol–water partition coefficient (Wildman–Crippen LogP) is -0.976. The molecule has 8 heteroatoms. The summed E-state index contributed by atoms with van der Waals surface area (Å²) in [5, 5.41) is 17.8. The lowest BCUT2D eigenvalue weighted by molar-refractivity contribution is -0.0330. The van der Waals surface area contributed by atoms with Crippen LogP contribution in [0.5, 0.6) is 0 Å². The van der Waals surface area contributed by atoms with Gasteiger partial charge in [0.05, 0.1) is 24.6 Å². The molecule has 2 rings (SSSR count). The Hall–Kier alpha value is -1.90. The van der Waals surface area contributed by atoms with Crippen LogP contribution in [0.15, 0.2) is 17.2 Å². The second kappa shape index (κ2) is 5.83. The highest BCUT2D eigenvalue weighted by Crippen LogP contribution is 2.11. The van der Waals surface area contributed by atoms with Crippen molar-refractivity contribution in [1.29, 1.82) is 0 Å². The second-order valence-corrected chi connectivity index (χ2v) is 4.11. The fourth-order valence-electron chi connectivity index (χ4n) is 1.75. The summed E-state index contributed by atoms with van der Waals surface area (Å²) >= 11 is 0. The maximum Gasteiger partial charge on any atom is 0.277 e. The standard InChI is InChI=1S/C11H16N4O4/c12-9-3-8-10(11(18)14-9)13-5-15(8)6-19-7(4-17)1-2-16/h3,5,7,16-17H,1-2,4,6H2,(H3,12,14,18). The quantitative estimate of drug-likeness (QED) is 0.533. The highest BCUT2D eigenvalue weighted by Gasteiger charge is 2.10. The Morgan fingerprint density at radius 3 is 3.00 bits per heavy atom. The molecule has 5 N–H and O–H groups in total. The fraction of sp³-hybridized carbons (Fsp3) is 0.455. The summed E-state index contributed by atoms with van der Waals surface area (Å²) in [5.74, 6) is 0.244. The van der Waals surface area contributed by atoms with Crippen LogP contribution in [0.3, 0.4) is 0 Å². The van der Waals surface area contributed by atoms with Gasteiger partial charge < -0.3 is 30.2 Å². The van der Waals surface area contributed by atoms with E-state index in [1.807, 2.05) is 0 Å². The van der Waals surface area contributed by atoms with Crippen LogP contribution in [0.25, 0.3) is 11.0 Å². The number of pyridine rings is 1. The van der Waals surface area contributed by atoms with Gasteiger partial charge in [-0.1, -0.05) is 0 Å². The molecule has 8 nitrogen and oxygen atoms in total. The molecule has 0 bridgehead atoms. The van der Waals surface area contributed by atoms with Crippen molar-refractivity contribution in [3.63, 3.8) is 0 Å². The first-order valence-electron chi connectivity index (χ1n) is 5.82. The van der Waals surface area contributed by atoms with E-state index < -0.39 is 6.10 Å². The molecule has 1 unspecified atom stereocenters. The molecule has 104 valence electrons. The number of ether oxygens (including phenoxy) is 1. The number of nitrogens with zero attached hydrogens (tertiary/aromatic N) is 2. The zero-order valence-corrected chi connectivity index (χ0v) is 10.2. The molecule has 0 spiro atoms. The minimum atomic E-state index is -0.457. The van der Waals surface area contributed by atoms with Crippen molar-refractivity contribution in [1.82, 2.24) is 14.5 Å². The Kier molecular flexibility index (Phi) is 4.15. The first kappa shape index (κ1) is 13.5. The van der Waals surface area contributed by atoms with Crippen LogP contribution in [0, 0.1) is 0 Å². The maximum atomic E-state index is 11.6. The number of nitrogen functional groups attached to an aromatic ring is 1. The van der Waals surface area contributed by atoms with Gasteiger partial charge in [0, 0.05) is 12.7 Å². The average molecular weight is 268 g/mol. The van der Waals surface area contributed by atoms with E-state index in [1.54, 1.807) is 10.6 Å². The first-order chi connectivity index (χ1) is 9.15. The monoisotopic (exact) mass is 268 g/mol. The number of hydrogen-bond acceptors (Lipinski definition) is 6. The number of imidazole rings is 1. The zero-order chi connectivity index (χ0) is 13.8. The summed E-state index contributed by atoms with van der Waals surface area (Å²) in [4.78, 5) is 18.0. The number of aromatic amines is 1. The number of aromatic nitrogens is 3. The van der Waals surface area contributed by atoms with Gasteiger partial charge in [0.2, 0.25) is 0 Å². The number of nitrogens with two attached hydrogens (primary N) is 1. The second-order valence-electron chi connectivity index (χ2n) is 4.11. The number of anilines is 1. The molecule has 2 aromatic rings. The van der Waals surface area contributed by atoms with Crippen molar-refractivity contribution in [2.45, 2.75) is 19.3 Å². The van der Waals surface area contributed by atoms with Crippen molar-refractivity contribution < 1.29 is 14.9 Å². The molecule has 0 saturated heterocycles. The first-order valence-corrected chi connectivity index (χ1v) is 5.82. The topological polar surface area (TPSA) is 126 Å². The van der Waals surface area contributed by atoms with Gasteiger partial charge >= 0.3 is 0 Å². The number of aliphatic hydroxyl groups is 2. The summed E-state index contributed by atoms with van der Waals surface area (Å²) in [5.41, 5.74) is 6.05. The highest BCUT2D eigenvalue weighted by molar-refractivity contribution is 5.76. The van der Waals surface area contributed by atoms with Crippen molar-refractivity contribution in [2.24, 2.45) is 0 Å². The van der Waals surface area contributed by atoms with E-state index in [0.717, 1.165) is 0 Å². The Morgan fingerprint density at radius 1 is 1.53 bits per heavy atom. The molecule has 0 aliphatic rings. The third-order valence-corrected chi connectivity index (χ3v) is 2.75. The lowest BCUT2D eigenvalue weighted by Gasteiger charge is -2.14. The van der Waals surface area contributed by atoms with Gasteiger partial charge in [-0.25, -0.2) is 4.98 Å². The molecule has 0 saturated carbocycles. The minimum Gasteiger partial charge on any atom is -0.396 e. The Bertz CT molecular complexity index is 606. The summed E-state index contributed by atoms with van der Waals surface area (Å²) in [6.45, 7) is -0.136. The normalized spacial score (nSPS) is 12.9. The van der Waals surface area contributed by atoms with Gasteiger partial charge in [0.25, 0.3) is 5.56 Å². The van der Waals surface area contributed by atoms with Gasteiger partial charge in [-0.2, -0.15) is 0 Å². The van der Waals surface area contributed by atoms with E-state index in [2.05, 4.69) is 9.97 Å². The molecule has 0 amide bonds. The molecule has 0 fully saturated rings. The molecule has 1 atom stereocenters. The minimum absolute atomic E-state index is 0.0669. The average Bonchev–Trinajstić information content (AvgIpc) is 2.78. The molecular weight excluding hydrogens is 252 g/mol. The van der Waals surface area contributed by atoms with E-state index >= 15 is 0 Å². The van der Waals surface area contributed by atoms with Crippen LogP contribution in [0.2, 0.25) is 0 Å². The molecule has 0 aromatic carbocycles. The van der Waals surface area contributed by atoms with E-state index in [-0.39, 0.29) is 36.8 Å². The predicted molar refractivity (Wildman–Crippen MR) is 68.4 cm³/mol. The number of aliphatic hydroxyl groups excluding tert-OH is 2. The molecule has 0 radical (unpaired) electrons. The molecule has 2 heterocycles. The van der Waals surface area contributed by atoms with Crippen LogP contribution < -0.4 is 11.3 Å². The third kappa shape index (κ3) is 2.92. The third-order valence-electron chi connectivity index (χ3n) is 2.75. The SMILES string of the molecule is Nc1cc2c(ncn2COC(CO)CCO)c(=O)[nH]1. The number of fused-ring (bicyclic) bond motifs is 1. The zero-order valence-electron chi connectivity index (χ0n) is 10.2. The molecule has 19 heavy (non-hydrogen) atoms. The Balaban J connectivity index is 2.19. The number of rotatable bonds is 6. The van der Waals surface area contributed by atoms with E-state index in [0.29, 0.717) is 11.9 Å². The van der Waals surface area contributed by atoms with E-state index in [9.17, 15) is 4.79 Å². The van der Waals surface area contributed by atoms with Crippen molar-refractivity contribution in [3.05, 3.63) is 22.7 Å². The molecule has 2 aromatic heterocycles. The Morgan fingerprint density at radius 2 is 2.32 bits per heavy atom. The van der Waals surface area contributed by atoms with E-state index in [4.69, 9.17) is 20.7 Å². The molecule has 0 aliphatic carbocycles. The molecule has 0 aliphatic heterocycles. The fourth-order valence-corrected chi connectivity index (χ4v) is 1.75. The van der Waals surface area contributed by atoms with Crippen molar-refractivity contribution in [2.75, 3.05) is 18.9 Å². The highest BCUT2D eigenvalue weighted by atomic mass is 16.5. The van der Waals surface area contributed by atoms with Crippen LogP contribution in [-0.2, 0) is 11.5 Å². The van der Waals surface area contributed by atoms with Gasteiger partial charge in [-0.3, -0.25) is 4.79 Å². The van der Waals surface area contributed by atoms with Gasteiger partial charge in [-0.15, -0.1) is 0 Å². The largest absolute Gasteiger partial charge is 0.396 e. The van der Waals surface area contributed by atoms with Crippen molar-refractivity contribution >= 4 is 16.9 Å². The molecular formula is C11H16N4O4. The van der Waals surface area contributed by atoms with Crippen molar-refractivity contribution in [3.8, 4) is 0 Å². The lowest BCUT2D eigenvalue weighted by Crippen LogP contribution is -2.20. The van der Waals surface area contributed by atoms with Crippen LogP contribution in [-0.4, -0.2) is 44.1 Å². The smallest absolute Gasteiger partial charge is 0.277 e. The van der Waals surface area contributed by atoms with Crippen LogP contribution in [0.1, 0.15) is 6.42 Å². The number of H-pyrrole nitrogens is 1. The van der Waals surface area contributed by atoms with Gasteiger partial charge in [0.15, 0.2) is 5.52 Å². The summed E-state index contributed by atoms with van der Waals surface area (Å²) < 4.78 is 7.04. The lowest BCUT2D eigenvalue weighted by atomic mass is 10.3. The number of hydrogen-bond donors (Lipinski definition) is 4. The summed E-state index contributed by atoms with van der Waals surface area (Å²) in [6, 6.07) is 1.59. The Labute approximate surface area is 108 Å². The van der Waals surface area contributed by atoms with Crippen LogP contribution >= 0.6 is 0 Å². The summed E-state index contributed by atoms with van der Waals surface area (Å²) in [7, 11) is 0. The number of nitrogens with one attached hydrogen (secondary N) is 1. The van der Waals surface area contributed by atoms with E-state index in [1.165, 1.54) is 6.33 Å². The van der Waals surface area contributed by atoms with Gasteiger partial charge in [-0.05, 0) is 6.42 Å². The van der Waals surface area contributed by atoms with Crippen LogP contribution in [0.4, 0.5) is 5.82 Å². The van der Waals surface area contributed by atoms with Gasteiger partial charge in [0.1, 0.15) is 12.5 Å². The summed E-state index contributed by atoms with van der Waals surface area (Å²) in [6.07, 6.45) is 1.35.